The Balaban J connectivity index is 1.79. The number of hydrogen-bond donors (Lipinski definition) is 1. The topological polar surface area (TPSA) is 52.3 Å². The SMILES string of the molecule is Nc1c(F)cccc1C(=O)C1CCOC2(CCCCC2)C1. The molecular formula is C17H22FNO2. The van der Waals surface area contributed by atoms with Gasteiger partial charge in [-0.25, -0.2) is 4.39 Å². The van der Waals surface area contributed by atoms with Crippen molar-refractivity contribution in [1.29, 1.82) is 0 Å². The van der Waals surface area contributed by atoms with Gasteiger partial charge in [0, 0.05) is 18.1 Å². The van der Waals surface area contributed by atoms with E-state index in [1.165, 1.54) is 25.3 Å². The molecule has 1 unspecified atom stereocenters. The summed E-state index contributed by atoms with van der Waals surface area (Å²) in [4.78, 5) is 12.7. The Morgan fingerprint density at radius 3 is 2.81 bits per heavy atom. The molecule has 0 amide bonds. The maximum Gasteiger partial charge on any atom is 0.168 e. The molecule has 2 N–H and O–H groups in total. The van der Waals surface area contributed by atoms with E-state index < -0.39 is 5.82 Å². The molecule has 2 fully saturated rings. The van der Waals surface area contributed by atoms with E-state index >= 15 is 0 Å². The zero-order valence-electron chi connectivity index (χ0n) is 12.2. The zero-order chi connectivity index (χ0) is 14.9. The predicted octanol–water partition coefficient (Wildman–Crippen LogP) is 3.72. The highest BCUT2D eigenvalue weighted by Gasteiger charge is 2.41. The molecule has 0 aromatic heterocycles. The Morgan fingerprint density at radius 2 is 2.05 bits per heavy atom. The summed E-state index contributed by atoms with van der Waals surface area (Å²) in [5.74, 6) is -0.638. The van der Waals surface area contributed by atoms with E-state index in [9.17, 15) is 9.18 Å². The first-order valence-corrected chi connectivity index (χ1v) is 7.83. The molecule has 1 aliphatic heterocycles. The van der Waals surface area contributed by atoms with Crippen molar-refractivity contribution in [1.82, 2.24) is 0 Å². The van der Waals surface area contributed by atoms with Crippen LogP contribution in [0.4, 0.5) is 10.1 Å². The van der Waals surface area contributed by atoms with Crippen molar-refractivity contribution in [2.24, 2.45) is 5.92 Å². The van der Waals surface area contributed by atoms with Gasteiger partial charge in [0.2, 0.25) is 0 Å². The molecular weight excluding hydrogens is 269 g/mol. The lowest BCUT2D eigenvalue weighted by Crippen LogP contribution is -2.43. The molecule has 3 rings (SSSR count). The average Bonchev–Trinajstić information content (AvgIpc) is 2.50. The summed E-state index contributed by atoms with van der Waals surface area (Å²) in [7, 11) is 0. The first-order chi connectivity index (χ1) is 10.1. The number of nitrogens with two attached hydrogens (primary N) is 1. The number of ether oxygens (including phenoxy) is 1. The van der Waals surface area contributed by atoms with Crippen molar-refractivity contribution < 1.29 is 13.9 Å². The number of halogens is 1. The molecule has 1 atom stereocenters. The third kappa shape index (κ3) is 2.82. The van der Waals surface area contributed by atoms with E-state index in [1.807, 2.05) is 0 Å². The van der Waals surface area contributed by atoms with Crippen LogP contribution in [0.15, 0.2) is 18.2 Å². The molecule has 1 spiro atoms. The zero-order valence-corrected chi connectivity index (χ0v) is 12.2. The molecule has 2 aliphatic rings. The van der Waals surface area contributed by atoms with Gasteiger partial charge in [-0.05, 0) is 37.8 Å². The molecule has 1 aliphatic carbocycles. The van der Waals surface area contributed by atoms with E-state index in [4.69, 9.17) is 10.5 Å². The van der Waals surface area contributed by atoms with Crippen molar-refractivity contribution in [2.45, 2.75) is 50.5 Å². The summed E-state index contributed by atoms with van der Waals surface area (Å²) >= 11 is 0. The summed E-state index contributed by atoms with van der Waals surface area (Å²) in [6.45, 7) is 0.617. The summed E-state index contributed by atoms with van der Waals surface area (Å²) in [5.41, 5.74) is 5.91. The average molecular weight is 291 g/mol. The van der Waals surface area contributed by atoms with E-state index in [-0.39, 0.29) is 23.0 Å². The lowest BCUT2D eigenvalue weighted by atomic mass is 9.74. The Kier molecular flexibility index (Phi) is 3.98. The number of Topliss-reactive ketones (excluding diaryl/α,β-unsaturated/α-hetero) is 1. The van der Waals surface area contributed by atoms with Gasteiger partial charge in [0.05, 0.1) is 11.3 Å². The monoisotopic (exact) mass is 291 g/mol. The second-order valence-electron chi connectivity index (χ2n) is 6.35. The molecule has 3 nitrogen and oxygen atoms in total. The summed E-state index contributed by atoms with van der Waals surface area (Å²) < 4.78 is 19.6. The Hall–Kier alpha value is -1.42. The Bertz CT molecular complexity index is 532. The molecule has 21 heavy (non-hydrogen) atoms. The van der Waals surface area contributed by atoms with Gasteiger partial charge in [-0.2, -0.15) is 0 Å². The van der Waals surface area contributed by atoms with Gasteiger partial charge in [-0.3, -0.25) is 4.79 Å². The maximum atomic E-state index is 13.6. The number of rotatable bonds is 2. The van der Waals surface area contributed by atoms with Crippen molar-refractivity contribution >= 4 is 11.5 Å². The molecule has 4 heteroatoms. The molecule has 1 saturated carbocycles. The van der Waals surface area contributed by atoms with Crippen molar-refractivity contribution in [3.05, 3.63) is 29.6 Å². The van der Waals surface area contributed by atoms with Gasteiger partial charge in [0.1, 0.15) is 5.82 Å². The minimum atomic E-state index is -0.514. The number of ketones is 1. The first-order valence-electron chi connectivity index (χ1n) is 7.83. The Labute approximate surface area is 124 Å². The second-order valence-corrected chi connectivity index (χ2v) is 6.35. The Morgan fingerprint density at radius 1 is 1.29 bits per heavy atom. The summed E-state index contributed by atoms with van der Waals surface area (Å²) in [5, 5.41) is 0. The van der Waals surface area contributed by atoms with Gasteiger partial charge in [-0.15, -0.1) is 0 Å². The van der Waals surface area contributed by atoms with Crippen LogP contribution in [0, 0.1) is 11.7 Å². The van der Waals surface area contributed by atoms with Gasteiger partial charge in [0.15, 0.2) is 5.78 Å². The minimum Gasteiger partial charge on any atom is -0.396 e. The number of anilines is 1. The highest BCUT2D eigenvalue weighted by molar-refractivity contribution is 6.02. The number of benzene rings is 1. The van der Waals surface area contributed by atoms with Crippen LogP contribution < -0.4 is 5.73 Å². The van der Waals surface area contributed by atoms with E-state index in [0.29, 0.717) is 18.6 Å². The van der Waals surface area contributed by atoms with Crippen molar-refractivity contribution in [3.63, 3.8) is 0 Å². The fourth-order valence-electron chi connectivity index (χ4n) is 3.77. The predicted molar refractivity (Wildman–Crippen MR) is 79.6 cm³/mol. The summed E-state index contributed by atoms with van der Waals surface area (Å²) in [6, 6.07) is 4.47. The number of carbonyl (C=O) groups excluding carboxylic acids is 1. The maximum absolute atomic E-state index is 13.6. The number of carbonyl (C=O) groups is 1. The smallest absolute Gasteiger partial charge is 0.168 e. The standard InChI is InChI=1S/C17H22FNO2/c18-14-6-4-5-13(15(14)19)16(20)12-7-10-21-17(11-12)8-2-1-3-9-17/h4-6,12H,1-3,7-11,19H2. The molecule has 1 aromatic rings. The highest BCUT2D eigenvalue weighted by Crippen LogP contribution is 2.41. The third-order valence-corrected chi connectivity index (χ3v) is 4.95. The van der Waals surface area contributed by atoms with Crippen LogP contribution in [-0.2, 0) is 4.74 Å². The quantitative estimate of drug-likeness (QED) is 0.667. The number of hydrogen-bond acceptors (Lipinski definition) is 3. The second kappa shape index (κ2) is 5.76. The molecule has 0 radical (unpaired) electrons. The first kappa shape index (κ1) is 14.5. The van der Waals surface area contributed by atoms with Gasteiger partial charge in [0.25, 0.3) is 0 Å². The van der Waals surface area contributed by atoms with Gasteiger partial charge >= 0.3 is 0 Å². The van der Waals surface area contributed by atoms with E-state index in [1.54, 1.807) is 12.1 Å². The lowest BCUT2D eigenvalue weighted by molar-refractivity contribution is -0.111. The fraction of sp³-hybridized carbons (Fsp3) is 0.588. The van der Waals surface area contributed by atoms with Crippen LogP contribution >= 0.6 is 0 Å². The molecule has 1 heterocycles. The number of para-hydroxylation sites is 1. The molecule has 114 valence electrons. The van der Waals surface area contributed by atoms with E-state index in [2.05, 4.69) is 0 Å². The summed E-state index contributed by atoms with van der Waals surface area (Å²) in [6.07, 6.45) is 7.12. The third-order valence-electron chi connectivity index (χ3n) is 4.95. The van der Waals surface area contributed by atoms with E-state index in [0.717, 1.165) is 19.3 Å². The van der Waals surface area contributed by atoms with Gasteiger partial charge < -0.3 is 10.5 Å². The van der Waals surface area contributed by atoms with Crippen LogP contribution in [0.3, 0.4) is 0 Å². The van der Waals surface area contributed by atoms with Crippen LogP contribution in [0.5, 0.6) is 0 Å². The normalized spacial score (nSPS) is 24.9. The van der Waals surface area contributed by atoms with Crippen LogP contribution in [0.1, 0.15) is 55.3 Å². The minimum absolute atomic E-state index is 0.0216. The van der Waals surface area contributed by atoms with Gasteiger partial charge in [-0.1, -0.05) is 25.3 Å². The van der Waals surface area contributed by atoms with Crippen molar-refractivity contribution in [2.75, 3.05) is 12.3 Å². The van der Waals surface area contributed by atoms with Crippen LogP contribution in [-0.4, -0.2) is 18.0 Å². The molecule has 1 saturated heterocycles. The largest absolute Gasteiger partial charge is 0.396 e. The van der Waals surface area contributed by atoms with Crippen LogP contribution in [0.2, 0.25) is 0 Å². The fourth-order valence-corrected chi connectivity index (χ4v) is 3.77. The van der Waals surface area contributed by atoms with Crippen molar-refractivity contribution in [3.8, 4) is 0 Å². The molecule has 0 bridgehead atoms. The highest BCUT2D eigenvalue weighted by atomic mass is 19.1. The lowest BCUT2D eigenvalue weighted by Gasteiger charge is -2.43. The molecule has 1 aromatic carbocycles. The van der Waals surface area contributed by atoms with Crippen LogP contribution in [0.25, 0.3) is 0 Å². The number of nitrogen functional groups attached to an aromatic ring is 1.